The lowest BCUT2D eigenvalue weighted by Crippen LogP contribution is -2.33. The first-order valence-electron chi connectivity index (χ1n) is 9.46. The summed E-state index contributed by atoms with van der Waals surface area (Å²) in [5.41, 5.74) is 1.64. The number of allylic oxidation sites excluding steroid dienone is 2. The highest BCUT2D eigenvalue weighted by Gasteiger charge is 2.40. The third-order valence-electron chi connectivity index (χ3n) is 4.21. The first kappa shape index (κ1) is 23.3. The summed E-state index contributed by atoms with van der Waals surface area (Å²) in [6.07, 6.45) is 0. The maximum Gasteiger partial charge on any atom is 0.336 e. The van der Waals surface area contributed by atoms with E-state index in [0.717, 1.165) is 0 Å². The van der Waals surface area contributed by atoms with Crippen LogP contribution in [0.4, 0.5) is 0 Å². The molecule has 0 saturated carbocycles. The van der Waals surface area contributed by atoms with Gasteiger partial charge in [-0.15, -0.1) is 0 Å². The van der Waals surface area contributed by atoms with Crippen molar-refractivity contribution >= 4 is 35.1 Å². The molecule has 1 aromatic heterocycles. The lowest BCUT2D eigenvalue weighted by Gasteiger charge is -2.29. The van der Waals surface area contributed by atoms with Gasteiger partial charge in [-0.1, -0.05) is 50.9 Å². The fourth-order valence-electron chi connectivity index (χ4n) is 2.93. The Morgan fingerprint density at radius 3 is 1.76 bits per heavy atom. The zero-order valence-electron chi connectivity index (χ0n) is 17.5. The van der Waals surface area contributed by atoms with E-state index in [9.17, 15) is 9.59 Å². The minimum Gasteiger partial charge on any atom is -0.462 e. The van der Waals surface area contributed by atoms with Crippen LogP contribution in [-0.2, 0) is 19.1 Å². The number of aromatic amines is 1. The van der Waals surface area contributed by atoms with Crippen molar-refractivity contribution in [3.05, 3.63) is 38.7 Å². The highest BCUT2D eigenvalue weighted by atomic mass is 35.5. The Balaban J connectivity index is 2.52. The van der Waals surface area contributed by atoms with Crippen LogP contribution < -0.4 is 5.32 Å². The van der Waals surface area contributed by atoms with E-state index < -0.39 is 17.9 Å². The third kappa shape index (κ3) is 5.54. The number of H-pyrrole nitrogens is 1. The van der Waals surface area contributed by atoms with Crippen LogP contribution in [0.25, 0.3) is 0 Å². The summed E-state index contributed by atoms with van der Waals surface area (Å²) < 4.78 is 10.9. The number of nitrogens with zero attached hydrogens (tertiary/aromatic N) is 1. The molecule has 0 fully saturated rings. The minimum absolute atomic E-state index is 0.0558. The van der Waals surface area contributed by atoms with Gasteiger partial charge in [-0.05, 0) is 25.7 Å². The molecule has 2 heterocycles. The number of hydrogen-bond acceptors (Lipinski definition) is 6. The highest BCUT2D eigenvalue weighted by Crippen LogP contribution is 2.39. The largest absolute Gasteiger partial charge is 0.462 e. The maximum atomic E-state index is 12.9. The third-order valence-corrected chi connectivity index (χ3v) is 4.85. The van der Waals surface area contributed by atoms with Gasteiger partial charge in [0.05, 0.1) is 30.3 Å². The van der Waals surface area contributed by atoms with Crippen molar-refractivity contribution in [1.29, 1.82) is 0 Å². The number of esters is 2. The van der Waals surface area contributed by atoms with Crippen LogP contribution in [0.2, 0.25) is 10.3 Å². The molecule has 9 heteroatoms. The molecule has 0 spiro atoms. The number of rotatable bonds is 7. The van der Waals surface area contributed by atoms with Gasteiger partial charge in [0, 0.05) is 11.4 Å². The van der Waals surface area contributed by atoms with E-state index >= 15 is 0 Å². The number of imidazole rings is 1. The first-order valence-corrected chi connectivity index (χ1v) is 10.2. The van der Waals surface area contributed by atoms with Crippen molar-refractivity contribution in [3.63, 3.8) is 0 Å². The molecule has 160 valence electrons. The van der Waals surface area contributed by atoms with E-state index in [0.29, 0.717) is 11.4 Å². The van der Waals surface area contributed by atoms with Crippen LogP contribution >= 0.6 is 23.2 Å². The molecule has 0 radical (unpaired) electrons. The number of nitrogens with one attached hydrogen (secondary N) is 2. The predicted molar refractivity (Wildman–Crippen MR) is 111 cm³/mol. The molecule has 0 aliphatic carbocycles. The van der Waals surface area contributed by atoms with Gasteiger partial charge in [0.15, 0.2) is 5.15 Å². The zero-order chi connectivity index (χ0) is 21.9. The van der Waals surface area contributed by atoms with Gasteiger partial charge in [-0.3, -0.25) is 0 Å². The van der Waals surface area contributed by atoms with Crippen LogP contribution in [0.5, 0.6) is 0 Å². The van der Waals surface area contributed by atoms with Crippen molar-refractivity contribution in [1.82, 2.24) is 15.3 Å². The second-order valence-electron chi connectivity index (χ2n) is 7.85. The predicted octanol–water partition coefficient (Wildman–Crippen LogP) is 4.35. The standard InChI is InChI=1S/C20H27Cl2N3O4/c1-9(2)7-28-19(26)13-11(5)23-12(6)14(20(27)29-8-10(3)4)15(13)18-24-16(21)17(22)25-18/h9-10,15,23H,7-8H2,1-6H3,(H,24,25). The van der Waals surface area contributed by atoms with Crippen molar-refractivity contribution in [2.75, 3.05) is 13.2 Å². The molecule has 1 aromatic rings. The van der Waals surface area contributed by atoms with Gasteiger partial charge in [0.1, 0.15) is 11.0 Å². The molecule has 0 unspecified atom stereocenters. The average molecular weight is 444 g/mol. The molecule has 2 rings (SSSR count). The fraction of sp³-hybridized carbons (Fsp3) is 0.550. The van der Waals surface area contributed by atoms with E-state index in [4.69, 9.17) is 32.7 Å². The Labute approximate surface area is 180 Å². The summed E-state index contributed by atoms with van der Waals surface area (Å²) >= 11 is 12.1. The summed E-state index contributed by atoms with van der Waals surface area (Å²) in [6.45, 7) is 11.7. The lowest BCUT2D eigenvalue weighted by atomic mass is 9.84. The topological polar surface area (TPSA) is 93.3 Å². The van der Waals surface area contributed by atoms with Gasteiger partial charge in [-0.25, -0.2) is 14.6 Å². The quantitative estimate of drug-likeness (QED) is 0.608. The van der Waals surface area contributed by atoms with Crippen molar-refractivity contribution in [2.24, 2.45) is 11.8 Å². The second kappa shape index (κ2) is 9.67. The second-order valence-corrected chi connectivity index (χ2v) is 8.58. The molecule has 0 saturated heterocycles. The van der Waals surface area contributed by atoms with Gasteiger partial charge in [0.25, 0.3) is 0 Å². The molecule has 2 N–H and O–H groups in total. The van der Waals surface area contributed by atoms with Gasteiger partial charge >= 0.3 is 11.9 Å². The van der Waals surface area contributed by atoms with E-state index in [1.54, 1.807) is 13.8 Å². The molecule has 29 heavy (non-hydrogen) atoms. The number of dihydropyridines is 1. The van der Waals surface area contributed by atoms with Gasteiger partial charge < -0.3 is 19.8 Å². The molecule has 7 nitrogen and oxygen atoms in total. The molecule has 0 aromatic carbocycles. The SMILES string of the molecule is CC1=C(C(=O)OCC(C)C)C(c2nc(Cl)c(Cl)[nH]2)C(C(=O)OCC(C)C)=C(C)N1. The molecular formula is C20H27Cl2N3O4. The van der Waals surface area contributed by atoms with E-state index in [-0.39, 0.29) is 52.3 Å². The smallest absolute Gasteiger partial charge is 0.336 e. The summed E-state index contributed by atoms with van der Waals surface area (Å²) in [7, 11) is 0. The van der Waals surface area contributed by atoms with Crippen LogP contribution in [0.3, 0.4) is 0 Å². The Hall–Kier alpha value is -1.99. The molecular weight excluding hydrogens is 417 g/mol. The number of hydrogen-bond donors (Lipinski definition) is 2. The molecule has 0 bridgehead atoms. The Kier molecular flexibility index (Phi) is 7.77. The fourth-order valence-corrected chi connectivity index (χ4v) is 3.21. The van der Waals surface area contributed by atoms with Crippen molar-refractivity contribution in [3.8, 4) is 0 Å². The van der Waals surface area contributed by atoms with Crippen molar-refractivity contribution < 1.29 is 19.1 Å². The van der Waals surface area contributed by atoms with Crippen LogP contribution in [-0.4, -0.2) is 35.1 Å². The van der Waals surface area contributed by atoms with Crippen LogP contribution in [0, 0.1) is 11.8 Å². The molecule has 0 amide bonds. The van der Waals surface area contributed by atoms with E-state index in [1.807, 2.05) is 27.7 Å². The van der Waals surface area contributed by atoms with Gasteiger partial charge in [-0.2, -0.15) is 0 Å². The first-order chi connectivity index (χ1) is 13.5. The van der Waals surface area contributed by atoms with Crippen molar-refractivity contribution in [2.45, 2.75) is 47.5 Å². The minimum atomic E-state index is -0.847. The summed E-state index contributed by atoms with van der Waals surface area (Å²) in [4.78, 5) is 32.9. The Morgan fingerprint density at radius 2 is 1.41 bits per heavy atom. The summed E-state index contributed by atoms with van der Waals surface area (Å²) in [5, 5.41) is 3.27. The normalized spacial score (nSPS) is 15.2. The Bertz CT molecular complexity index is 790. The number of carbonyl (C=O) groups excluding carboxylic acids is 2. The van der Waals surface area contributed by atoms with E-state index in [1.165, 1.54) is 0 Å². The molecule has 1 aliphatic rings. The Morgan fingerprint density at radius 1 is 0.966 bits per heavy atom. The molecule has 1 aliphatic heterocycles. The summed E-state index contributed by atoms with van der Waals surface area (Å²) in [5.74, 6) is -1.34. The number of carbonyl (C=O) groups is 2. The molecule has 0 atom stereocenters. The highest BCUT2D eigenvalue weighted by molar-refractivity contribution is 6.40. The van der Waals surface area contributed by atoms with E-state index in [2.05, 4.69) is 15.3 Å². The number of aromatic nitrogens is 2. The average Bonchev–Trinajstić information content (AvgIpc) is 2.95. The number of ether oxygens (including phenoxy) is 2. The van der Waals surface area contributed by atoms with Gasteiger partial charge in [0.2, 0.25) is 0 Å². The lowest BCUT2D eigenvalue weighted by molar-refractivity contribution is -0.141. The summed E-state index contributed by atoms with van der Waals surface area (Å²) in [6, 6.07) is 0. The number of halogens is 2. The zero-order valence-corrected chi connectivity index (χ0v) is 19.0. The van der Waals surface area contributed by atoms with Crippen LogP contribution in [0.15, 0.2) is 22.5 Å². The maximum absolute atomic E-state index is 12.9. The van der Waals surface area contributed by atoms with Crippen LogP contribution in [0.1, 0.15) is 53.3 Å². The monoisotopic (exact) mass is 443 g/mol.